The van der Waals surface area contributed by atoms with Gasteiger partial charge in [0.05, 0.1) is 6.26 Å². The number of hydrogen-bond donors (Lipinski definition) is 1. The number of rotatable bonds is 8. The van der Waals surface area contributed by atoms with Crippen LogP contribution in [-0.4, -0.2) is 29.8 Å². The van der Waals surface area contributed by atoms with Gasteiger partial charge in [-0.2, -0.15) is 0 Å². The van der Waals surface area contributed by atoms with E-state index in [2.05, 4.69) is 5.32 Å². The average Bonchev–Trinajstić information content (AvgIpc) is 3.23. The Kier molecular flexibility index (Phi) is 7.14. The number of amides is 2. The quantitative estimate of drug-likeness (QED) is 0.513. The Labute approximate surface area is 175 Å². The van der Waals surface area contributed by atoms with Crippen molar-refractivity contribution in [2.45, 2.75) is 24.5 Å². The molecule has 6 heteroatoms. The summed E-state index contributed by atoms with van der Waals surface area (Å²) < 4.78 is 5.42. The van der Waals surface area contributed by atoms with E-state index in [1.807, 2.05) is 50.2 Å². The molecule has 2 amide bonds. The van der Waals surface area contributed by atoms with E-state index in [-0.39, 0.29) is 11.8 Å². The summed E-state index contributed by atoms with van der Waals surface area (Å²) in [6.45, 7) is 5.23. The van der Waals surface area contributed by atoms with Gasteiger partial charge in [-0.05, 0) is 56.3 Å². The topological polar surface area (TPSA) is 62.6 Å². The van der Waals surface area contributed by atoms with E-state index >= 15 is 0 Å². The van der Waals surface area contributed by atoms with Gasteiger partial charge >= 0.3 is 0 Å². The van der Waals surface area contributed by atoms with Gasteiger partial charge in [-0.25, -0.2) is 0 Å². The van der Waals surface area contributed by atoms with Gasteiger partial charge in [-0.3, -0.25) is 9.59 Å². The van der Waals surface area contributed by atoms with Gasteiger partial charge in [-0.15, -0.1) is 11.8 Å². The van der Waals surface area contributed by atoms with Crippen molar-refractivity contribution in [1.29, 1.82) is 0 Å². The van der Waals surface area contributed by atoms with Crippen molar-refractivity contribution in [3.05, 3.63) is 83.8 Å². The number of furan rings is 1. The van der Waals surface area contributed by atoms with Crippen molar-refractivity contribution < 1.29 is 14.0 Å². The van der Waals surface area contributed by atoms with Crippen molar-refractivity contribution in [3.63, 3.8) is 0 Å². The second-order valence-corrected chi connectivity index (χ2v) is 7.43. The molecule has 0 unspecified atom stereocenters. The number of thioether (sulfide) groups is 1. The van der Waals surface area contributed by atoms with Crippen LogP contribution in [0, 0.1) is 0 Å². The fourth-order valence-corrected chi connectivity index (χ4v) is 3.80. The van der Waals surface area contributed by atoms with Crippen LogP contribution < -0.4 is 5.32 Å². The third kappa shape index (κ3) is 5.29. The minimum absolute atomic E-state index is 0.0147. The predicted octanol–water partition coefficient (Wildman–Crippen LogP) is 5.31. The van der Waals surface area contributed by atoms with Crippen molar-refractivity contribution >= 4 is 29.3 Å². The van der Waals surface area contributed by atoms with Crippen LogP contribution in [-0.2, 0) is 5.75 Å². The number of hydrogen-bond acceptors (Lipinski definition) is 4. The SMILES string of the molecule is CCN(CC)C(=O)c1ccc(NC(=O)c2occc2CSc2ccccc2)cc1. The minimum Gasteiger partial charge on any atom is -0.459 e. The monoisotopic (exact) mass is 408 g/mol. The van der Waals surface area contributed by atoms with E-state index in [9.17, 15) is 9.59 Å². The fraction of sp³-hybridized carbons (Fsp3) is 0.217. The van der Waals surface area contributed by atoms with E-state index < -0.39 is 0 Å². The standard InChI is InChI=1S/C23H24N2O3S/c1-3-25(4-2)23(27)17-10-12-19(13-11-17)24-22(26)21-18(14-15-28-21)16-29-20-8-6-5-7-9-20/h5-15H,3-4,16H2,1-2H3,(H,24,26). The third-order valence-electron chi connectivity index (χ3n) is 4.53. The Morgan fingerprint density at radius 3 is 2.31 bits per heavy atom. The van der Waals surface area contributed by atoms with Gasteiger partial charge in [0.1, 0.15) is 0 Å². The fourth-order valence-electron chi connectivity index (χ4n) is 2.90. The van der Waals surface area contributed by atoms with E-state index in [1.165, 1.54) is 6.26 Å². The molecular weight excluding hydrogens is 384 g/mol. The number of anilines is 1. The van der Waals surface area contributed by atoms with E-state index in [0.717, 1.165) is 10.5 Å². The first-order valence-electron chi connectivity index (χ1n) is 9.57. The highest BCUT2D eigenvalue weighted by Crippen LogP contribution is 2.25. The number of carbonyl (C=O) groups excluding carboxylic acids is 2. The van der Waals surface area contributed by atoms with Crippen LogP contribution in [0.4, 0.5) is 5.69 Å². The first kappa shape index (κ1) is 20.7. The first-order valence-corrected chi connectivity index (χ1v) is 10.6. The number of benzene rings is 2. The van der Waals surface area contributed by atoms with Gasteiger partial charge in [0, 0.05) is 40.6 Å². The number of carbonyl (C=O) groups is 2. The zero-order valence-corrected chi connectivity index (χ0v) is 17.4. The summed E-state index contributed by atoms with van der Waals surface area (Å²) in [6.07, 6.45) is 1.53. The Bertz CT molecular complexity index is 948. The second kappa shape index (κ2) is 9.98. The lowest BCUT2D eigenvalue weighted by atomic mass is 10.1. The van der Waals surface area contributed by atoms with Gasteiger partial charge in [0.25, 0.3) is 11.8 Å². The van der Waals surface area contributed by atoms with Crippen molar-refractivity contribution in [2.24, 2.45) is 0 Å². The average molecular weight is 409 g/mol. The highest BCUT2D eigenvalue weighted by molar-refractivity contribution is 7.98. The maximum absolute atomic E-state index is 12.6. The van der Waals surface area contributed by atoms with Crippen LogP contribution in [0.5, 0.6) is 0 Å². The van der Waals surface area contributed by atoms with Crippen LogP contribution in [0.25, 0.3) is 0 Å². The second-order valence-electron chi connectivity index (χ2n) is 6.39. The van der Waals surface area contributed by atoms with E-state index in [4.69, 9.17) is 4.42 Å². The number of nitrogens with zero attached hydrogens (tertiary/aromatic N) is 1. The molecular formula is C23H24N2O3S. The predicted molar refractivity (Wildman–Crippen MR) is 116 cm³/mol. The molecule has 0 atom stereocenters. The van der Waals surface area contributed by atoms with Crippen LogP contribution in [0.15, 0.2) is 76.2 Å². The third-order valence-corrected chi connectivity index (χ3v) is 5.59. The summed E-state index contributed by atoms with van der Waals surface area (Å²) in [5.41, 5.74) is 2.05. The van der Waals surface area contributed by atoms with Gasteiger partial charge in [-0.1, -0.05) is 18.2 Å². The van der Waals surface area contributed by atoms with Crippen LogP contribution in [0.2, 0.25) is 0 Å². The molecule has 0 spiro atoms. The zero-order chi connectivity index (χ0) is 20.6. The molecule has 0 saturated heterocycles. The summed E-state index contributed by atoms with van der Waals surface area (Å²) in [6, 6.07) is 18.7. The van der Waals surface area contributed by atoms with E-state index in [0.29, 0.717) is 35.9 Å². The highest BCUT2D eigenvalue weighted by Gasteiger charge is 2.17. The molecule has 3 rings (SSSR count). The van der Waals surface area contributed by atoms with Gasteiger partial charge in [0.15, 0.2) is 5.76 Å². The van der Waals surface area contributed by atoms with Crippen molar-refractivity contribution in [3.8, 4) is 0 Å². The summed E-state index contributed by atoms with van der Waals surface area (Å²) in [7, 11) is 0. The minimum atomic E-state index is -0.304. The molecule has 2 aromatic carbocycles. The Morgan fingerprint density at radius 1 is 0.966 bits per heavy atom. The lowest BCUT2D eigenvalue weighted by molar-refractivity contribution is 0.0773. The number of nitrogens with one attached hydrogen (secondary N) is 1. The summed E-state index contributed by atoms with van der Waals surface area (Å²) >= 11 is 1.65. The summed E-state index contributed by atoms with van der Waals surface area (Å²) in [5, 5.41) is 2.84. The molecule has 1 aromatic heterocycles. The first-order chi connectivity index (χ1) is 14.1. The van der Waals surface area contributed by atoms with Gasteiger partial charge in [0.2, 0.25) is 0 Å². The molecule has 0 bridgehead atoms. The molecule has 0 saturated carbocycles. The van der Waals surface area contributed by atoms with Crippen LogP contribution in [0.1, 0.15) is 40.3 Å². The molecule has 0 aliphatic rings. The summed E-state index contributed by atoms with van der Waals surface area (Å²) in [5.74, 6) is 0.623. The Morgan fingerprint density at radius 2 is 1.66 bits per heavy atom. The molecule has 3 aromatic rings. The summed E-state index contributed by atoms with van der Waals surface area (Å²) in [4.78, 5) is 27.9. The molecule has 29 heavy (non-hydrogen) atoms. The molecule has 0 aliphatic heterocycles. The van der Waals surface area contributed by atoms with Crippen LogP contribution in [0.3, 0.4) is 0 Å². The van der Waals surface area contributed by atoms with Crippen molar-refractivity contribution in [1.82, 2.24) is 4.90 Å². The maximum atomic E-state index is 12.6. The largest absolute Gasteiger partial charge is 0.459 e. The zero-order valence-electron chi connectivity index (χ0n) is 16.6. The highest BCUT2D eigenvalue weighted by atomic mass is 32.2. The molecule has 1 N–H and O–H groups in total. The molecule has 150 valence electrons. The smallest absolute Gasteiger partial charge is 0.291 e. The lowest BCUT2D eigenvalue weighted by Crippen LogP contribution is -2.30. The van der Waals surface area contributed by atoms with Crippen molar-refractivity contribution in [2.75, 3.05) is 18.4 Å². The Balaban J connectivity index is 1.63. The maximum Gasteiger partial charge on any atom is 0.291 e. The molecule has 0 aliphatic carbocycles. The lowest BCUT2D eigenvalue weighted by Gasteiger charge is -2.18. The molecule has 5 nitrogen and oxygen atoms in total. The van der Waals surface area contributed by atoms with Gasteiger partial charge < -0.3 is 14.6 Å². The molecule has 1 heterocycles. The molecule has 0 radical (unpaired) electrons. The molecule has 0 fully saturated rings. The Hall–Kier alpha value is -2.99. The van der Waals surface area contributed by atoms with Crippen LogP contribution >= 0.6 is 11.8 Å². The normalized spacial score (nSPS) is 10.6. The van der Waals surface area contributed by atoms with E-state index in [1.54, 1.807) is 40.9 Å².